The van der Waals surface area contributed by atoms with E-state index in [0.717, 1.165) is 16.5 Å². The van der Waals surface area contributed by atoms with Crippen LogP contribution >= 0.6 is 48.0 Å². The van der Waals surface area contributed by atoms with Gasteiger partial charge in [0.25, 0.3) is 0 Å². The summed E-state index contributed by atoms with van der Waals surface area (Å²) in [5.41, 5.74) is 14.4. The van der Waals surface area contributed by atoms with Crippen LogP contribution < -0.4 is 0 Å². The fourth-order valence-corrected chi connectivity index (χ4v) is 8.33. The summed E-state index contributed by atoms with van der Waals surface area (Å²) in [6.07, 6.45) is 6.74. The molecule has 0 nitrogen and oxygen atoms in total. The van der Waals surface area contributed by atoms with Gasteiger partial charge in [0.05, 0.1) is 0 Å². The Morgan fingerprint density at radius 2 is 1.16 bits per heavy atom. The Labute approximate surface area is 342 Å². The molecule has 0 aliphatic heterocycles. The van der Waals surface area contributed by atoms with Crippen LogP contribution in [0.5, 0.6) is 0 Å². The van der Waals surface area contributed by atoms with Crippen LogP contribution in [0, 0.1) is 23.5 Å². The van der Waals surface area contributed by atoms with E-state index in [4.69, 9.17) is 23.2 Å². The number of hydrogen-bond donors (Lipinski definition) is 0. The van der Waals surface area contributed by atoms with Gasteiger partial charge in [0.1, 0.15) is 0 Å². The molecule has 0 radical (unpaired) electrons. The van der Waals surface area contributed by atoms with Crippen molar-refractivity contribution in [3.05, 3.63) is 152 Å². The Morgan fingerprint density at radius 1 is 0.667 bits per heavy atom. The molecule has 2 aliphatic carbocycles. The van der Waals surface area contributed by atoms with Gasteiger partial charge in [-0.1, -0.05) is 122 Å². The minimum absolute atomic E-state index is 0. The van der Waals surface area contributed by atoms with Crippen molar-refractivity contribution in [2.75, 3.05) is 0 Å². The maximum absolute atomic E-state index is 5.84. The quantitative estimate of drug-likeness (QED) is 0.155. The molecule has 0 saturated heterocycles. The van der Waals surface area contributed by atoms with E-state index in [1.165, 1.54) is 55.7 Å². The number of allylic oxidation sites excluding steroid dienone is 4. The molecule has 0 saturated carbocycles. The zero-order valence-electron chi connectivity index (χ0n) is 32.1. The molecular formula is C46H54Cl4Zr-2. The molecule has 272 valence electrons. The van der Waals surface area contributed by atoms with Gasteiger partial charge >= 0.3 is 123 Å². The topological polar surface area (TPSA) is 0 Å². The Kier molecular flexibility index (Phi) is 16.8. The van der Waals surface area contributed by atoms with Crippen LogP contribution in [0.1, 0.15) is 110 Å². The van der Waals surface area contributed by atoms with Gasteiger partial charge in [-0.2, -0.15) is 41.0 Å². The number of hydrogen-bond acceptors (Lipinski definition) is 0. The van der Waals surface area contributed by atoms with Gasteiger partial charge in [0, 0.05) is 0 Å². The summed E-state index contributed by atoms with van der Waals surface area (Å²) in [5, 5.41) is 1.57. The third kappa shape index (κ3) is 13.2. The standard InChI is InChI=1S/C21H25.C11H17.2C7H5Cl.2ClH.Zr/c1-20(2,3)16-9-7-14-11-15-8-10-17(21(4,5)6)13-19(15)18(14)12-16;1-8-6-9(2)10(7-8)11(3,4)5;2*1-6-2-4-7(8)5-3-6;;;/h7,9-10,12-13H,11H2,1-6H3;7-8H,1-5H3;2*1-5H;2*1H;/q2*-1;;;;;. The molecule has 0 bridgehead atoms. The third-order valence-corrected chi connectivity index (χ3v) is 11.8. The molecule has 51 heavy (non-hydrogen) atoms. The van der Waals surface area contributed by atoms with Crippen molar-refractivity contribution in [1.82, 2.24) is 0 Å². The van der Waals surface area contributed by atoms with E-state index >= 15 is 0 Å². The van der Waals surface area contributed by atoms with Gasteiger partial charge in [0.2, 0.25) is 0 Å². The molecule has 1 unspecified atom stereocenters. The molecule has 5 heteroatoms. The average Bonchev–Trinajstić information content (AvgIpc) is 3.57. The average molecular weight is 840 g/mol. The van der Waals surface area contributed by atoms with Crippen molar-refractivity contribution in [3.8, 4) is 11.1 Å². The van der Waals surface area contributed by atoms with Crippen molar-refractivity contribution in [3.63, 3.8) is 0 Å². The molecule has 0 heterocycles. The van der Waals surface area contributed by atoms with E-state index in [1.54, 1.807) is 0 Å². The first kappa shape index (κ1) is 45.3. The van der Waals surface area contributed by atoms with Gasteiger partial charge in [-0.15, -0.1) is 30.4 Å². The van der Waals surface area contributed by atoms with Crippen LogP contribution in [0.25, 0.3) is 11.1 Å². The summed E-state index contributed by atoms with van der Waals surface area (Å²) < 4.78 is 4.66. The predicted molar refractivity (Wildman–Crippen MR) is 228 cm³/mol. The second kappa shape index (κ2) is 18.9. The Balaban J connectivity index is 0.000000272. The van der Waals surface area contributed by atoms with Crippen LogP contribution in [-0.2, 0) is 39.5 Å². The predicted octanol–water partition coefficient (Wildman–Crippen LogP) is 13.9. The van der Waals surface area contributed by atoms with Crippen LogP contribution in [0.2, 0.25) is 10.0 Å². The van der Waals surface area contributed by atoms with Crippen molar-refractivity contribution in [2.24, 2.45) is 11.3 Å². The van der Waals surface area contributed by atoms with Crippen LogP contribution in [0.15, 0.2) is 96.1 Å². The number of halogens is 4. The summed E-state index contributed by atoms with van der Waals surface area (Å²) in [5.74, 6) is 0.518. The van der Waals surface area contributed by atoms with Crippen molar-refractivity contribution in [1.29, 1.82) is 0 Å². The SMILES string of the molecule is CC(C)(C)c1c[c-]c2c(c1)-c1cc(C(C)(C)C)ccc1C2.CC1=[C-]C(C)C=C1C(C)(C)C.Cl.Cl.Clc1ccc([CH]=[Zr]=[CH]c2ccc(Cl)cc2)cc1. The fraction of sp³-hybridized carbons (Fsp3) is 0.348. The summed E-state index contributed by atoms with van der Waals surface area (Å²) in [6, 6.07) is 31.0. The van der Waals surface area contributed by atoms with Crippen molar-refractivity contribution < 1.29 is 22.3 Å². The van der Waals surface area contributed by atoms with Gasteiger partial charge in [-0.05, 0) is 17.4 Å². The van der Waals surface area contributed by atoms with E-state index in [0.29, 0.717) is 11.3 Å². The van der Waals surface area contributed by atoms with Crippen LogP contribution in [0.3, 0.4) is 0 Å². The Morgan fingerprint density at radius 3 is 1.57 bits per heavy atom. The van der Waals surface area contributed by atoms with E-state index < -0.39 is 22.3 Å². The first-order valence-electron chi connectivity index (χ1n) is 17.3. The van der Waals surface area contributed by atoms with Crippen molar-refractivity contribution >= 4 is 55.4 Å². The van der Waals surface area contributed by atoms with Gasteiger partial charge in [-0.25, -0.2) is 5.57 Å². The molecular weight excluding hydrogens is 786 g/mol. The third-order valence-electron chi connectivity index (χ3n) is 8.84. The summed E-state index contributed by atoms with van der Waals surface area (Å²) in [4.78, 5) is 0. The van der Waals surface area contributed by atoms with E-state index in [9.17, 15) is 0 Å². The van der Waals surface area contributed by atoms with Gasteiger partial charge in [0.15, 0.2) is 0 Å². The van der Waals surface area contributed by atoms with Gasteiger partial charge in [-0.3, -0.25) is 6.08 Å². The molecule has 6 rings (SSSR count). The molecule has 1 atom stereocenters. The van der Waals surface area contributed by atoms with Crippen LogP contribution in [0.4, 0.5) is 0 Å². The summed E-state index contributed by atoms with van der Waals surface area (Å²) >= 11 is 11.0. The number of rotatable bonds is 2. The molecule has 0 spiro atoms. The van der Waals surface area contributed by atoms with Crippen LogP contribution in [-0.4, -0.2) is 7.42 Å². The number of fused-ring (bicyclic) bond motifs is 3. The monoisotopic (exact) mass is 836 g/mol. The van der Waals surface area contributed by atoms with E-state index in [-0.39, 0.29) is 35.6 Å². The maximum atomic E-state index is 5.84. The molecule has 0 amide bonds. The molecule has 0 aromatic heterocycles. The summed E-state index contributed by atoms with van der Waals surface area (Å²) in [6.45, 7) is 24.7. The summed E-state index contributed by atoms with van der Waals surface area (Å²) in [7, 11) is 0. The molecule has 4 aromatic carbocycles. The first-order chi connectivity index (χ1) is 22.8. The van der Waals surface area contributed by atoms with Gasteiger partial charge < -0.3 is 0 Å². The minimum atomic E-state index is -0.623. The first-order valence-corrected chi connectivity index (χ1v) is 20.9. The molecule has 4 aromatic rings. The van der Waals surface area contributed by atoms with Crippen molar-refractivity contribution in [2.45, 2.75) is 93.4 Å². The molecule has 0 N–H and O–H groups in total. The Bertz CT molecular complexity index is 1770. The second-order valence-electron chi connectivity index (χ2n) is 16.3. The normalized spacial score (nSPS) is 14.3. The Hall–Kier alpha value is -1.86. The second-order valence-corrected chi connectivity index (χ2v) is 19.4. The van der Waals surface area contributed by atoms with E-state index in [2.05, 4.69) is 156 Å². The zero-order chi connectivity index (χ0) is 36.1. The molecule has 0 fully saturated rings. The number of benzene rings is 4. The van der Waals surface area contributed by atoms with E-state index in [1.807, 2.05) is 24.3 Å². The fourth-order valence-electron chi connectivity index (χ4n) is 5.99. The zero-order valence-corrected chi connectivity index (χ0v) is 37.7. The molecule has 2 aliphatic rings.